The zero-order valence-corrected chi connectivity index (χ0v) is 17.0. The Morgan fingerprint density at radius 2 is 1.73 bits per heavy atom. The molecular formula is C17H14Cl2N2O3S2. The number of hydrogen-bond donors (Lipinski definition) is 0. The van der Waals surface area contributed by atoms with E-state index in [4.69, 9.17) is 23.2 Å². The standard InChI is InChI=1S/C17H14Cl2N2O3S2/c1-21-15-12(18)7-8-13(19)16(15)25-17(21)20-14(22)9-10-3-5-11(6-4-10)26(2,23)24/h3-8H,9H2,1-2H3. The van der Waals surface area contributed by atoms with Crippen LogP contribution in [0.2, 0.25) is 10.0 Å². The Bertz CT molecular complexity index is 1180. The molecule has 0 aliphatic carbocycles. The minimum absolute atomic E-state index is 0.0692. The Labute approximate surface area is 164 Å². The van der Waals surface area contributed by atoms with Gasteiger partial charge in [-0.15, -0.1) is 0 Å². The van der Waals surface area contributed by atoms with Crippen molar-refractivity contribution in [2.24, 2.45) is 12.0 Å². The van der Waals surface area contributed by atoms with Gasteiger partial charge in [0.1, 0.15) is 0 Å². The number of sulfone groups is 1. The number of fused-ring (bicyclic) bond motifs is 1. The van der Waals surface area contributed by atoms with Gasteiger partial charge in [0, 0.05) is 13.3 Å². The summed E-state index contributed by atoms with van der Waals surface area (Å²) >= 11 is 13.7. The zero-order chi connectivity index (χ0) is 19.1. The molecule has 0 saturated carbocycles. The van der Waals surface area contributed by atoms with E-state index in [1.807, 2.05) is 0 Å². The Morgan fingerprint density at radius 3 is 2.31 bits per heavy atom. The molecule has 2 aromatic carbocycles. The average Bonchev–Trinajstić information content (AvgIpc) is 2.88. The number of amides is 1. The van der Waals surface area contributed by atoms with Crippen molar-refractivity contribution in [3.8, 4) is 0 Å². The lowest BCUT2D eigenvalue weighted by Gasteiger charge is -2.01. The number of halogens is 2. The van der Waals surface area contributed by atoms with Crippen LogP contribution in [0.25, 0.3) is 10.2 Å². The number of rotatable bonds is 3. The van der Waals surface area contributed by atoms with Crippen LogP contribution in [0.15, 0.2) is 46.3 Å². The van der Waals surface area contributed by atoms with Crippen LogP contribution in [0.4, 0.5) is 0 Å². The topological polar surface area (TPSA) is 68.5 Å². The molecule has 5 nitrogen and oxygen atoms in total. The second-order valence-electron chi connectivity index (χ2n) is 5.75. The fourth-order valence-corrected chi connectivity index (χ4v) is 4.77. The average molecular weight is 429 g/mol. The normalized spacial score (nSPS) is 12.7. The van der Waals surface area contributed by atoms with Crippen LogP contribution in [-0.4, -0.2) is 25.1 Å². The van der Waals surface area contributed by atoms with Crippen molar-refractivity contribution in [1.29, 1.82) is 0 Å². The summed E-state index contributed by atoms with van der Waals surface area (Å²) in [6, 6.07) is 9.60. The first kappa shape index (κ1) is 19.1. The van der Waals surface area contributed by atoms with Crippen molar-refractivity contribution in [3.05, 3.63) is 56.8 Å². The summed E-state index contributed by atoms with van der Waals surface area (Å²) in [5, 5.41) is 1.09. The fraction of sp³-hybridized carbons (Fsp3) is 0.176. The van der Waals surface area contributed by atoms with E-state index in [0.29, 0.717) is 20.4 Å². The van der Waals surface area contributed by atoms with E-state index in [1.54, 1.807) is 35.9 Å². The predicted molar refractivity (Wildman–Crippen MR) is 105 cm³/mol. The highest BCUT2D eigenvalue weighted by Crippen LogP contribution is 2.31. The van der Waals surface area contributed by atoms with Crippen molar-refractivity contribution in [3.63, 3.8) is 0 Å². The number of aryl methyl sites for hydroxylation is 1. The minimum atomic E-state index is -3.26. The lowest BCUT2D eigenvalue weighted by Crippen LogP contribution is -2.14. The number of aromatic nitrogens is 1. The van der Waals surface area contributed by atoms with E-state index < -0.39 is 9.84 Å². The van der Waals surface area contributed by atoms with Crippen LogP contribution >= 0.6 is 34.5 Å². The van der Waals surface area contributed by atoms with Gasteiger partial charge in [-0.2, -0.15) is 4.99 Å². The third-order valence-corrected chi connectivity index (χ3v) is 6.80. The van der Waals surface area contributed by atoms with Gasteiger partial charge in [0.2, 0.25) is 0 Å². The first-order chi connectivity index (χ1) is 12.2. The number of carbonyl (C=O) groups excluding carboxylic acids is 1. The number of benzene rings is 2. The summed E-state index contributed by atoms with van der Waals surface area (Å²) in [5.41, 5.74) is 1.42. The molecule has 9 heteroatoms. The second kappa shape index (κ2) is 7.15. The van der Waals surface area contributed by atoms with Crippen LogP contribution < -0.4 is 4.80 Å². The third-order valence-electron chi connectivity index (χ3n) is 3.78. The summed E-state index contributed by atoms with van der Waals surface area (Å²) in [4.78, 5) is 17.2. The van der Waals surface area contributed by atoms with E-state index in [2.05, 4.69) is 4.99 Å². The molecule has 1 heterocycles. The molecule has 0 N–H and O–H groups in total. The van der Waals surface area contributed by atoms with Crippen molar-refractivity contribution in [2.75, 3.05) is 6.26 Å². The molecule has 0 saturated heterocycles. The maximum absolute atomic E-state index is 12.3. The van der Waals surface area contributed by atoms with Crippen LogP contribution in [-0.2, 0) is 28.1 Å². The lowest BCUT2D eigenvalue weighted by atomic mass is 10.1. The van der Waals surface area contributed by atoms with Crippen molar-refractivity contribution < 1.29 is 13.2 Å². The number of hydrogen-bond acceptors (Lipinski definition) is 4. The summed E-state index contributed by atoms with van der Waals surface area (Å²) in [7, 11) is -1.49. The van der Waals surface area contributed by atoms with Gasteiger partial charge in [-0.25, -0.2) is 8.42 Å². The number of nitrogens with zero attached hydrogens (tertiary/aromatic N) is 2. The van der Waals surface area contributed by atoms with Gasteiger partial charge in [-0.3, -0.25) is 4.79 Å². The molecule has 3 aromatic rings. The minimum Gasteiger partial charge on any atom is -0.318 e. The van der Waals surface area contributed by atoms with E-state index >= 15 is 0 Å². The highest BCUT2D eigenvalue weighted by Gasteiger charge is 2.12. The van der Waals surface area contributed by atoms with Gasteiger partial charge in [0.05, 0.1) is 31.6 Å². The van der Waals surface area contributed by atoms with E-state index in [9.17, 15) is 13.2 Å². The predicted octanol–water partition coefficient (Wildman–Crippen LogP) is 3.62. The smallest absolute Gasteiger partial charge is 0.252 e. The van der Waals surface area contributed by atoms with E-state index in [-0.39, 0.29) is 17.2 Å². The molecule has 136 valence electrons. The van der Waals surface area contributed by atoms with Gasteiger partial charge in [-0.1, -0.05) is 46.7 Å². The summed E-state index contributed by atoms with van der Waals surface area (Å²) in [6.07, 6.45) is 1.21. The molecule has 0 atom stereocenters. The first-order valence-electron chi connectivity index (χ1n) is 7.47. The molecule has 0 unspecified atom stereocenters. The molecular weight excluding hydrogens is 415 g/mol. The number of carbonyl (C=O) groups is 1. The molecule has 0 radical (unpaired) electrons. The SMILES string of the molecule is Cn1c(=NC(=O)Cc2ccc(S(C)(=O)=O)cc2)sc2c(Cl)ccc(Cl)c21. The highest BCUT2D eigenvalue weighted by atomic mass is 35.5. The molecule has 0 spiro atoms. The largest absolute Gasteiger partial charge is 0.318 e. The third kappa shape index (κ3) is 3.86. The molecule has 1 amide bonds. The number of thiazole rings is 1. The molecule has 0 fully saturated rings. The molecule has 0 aliphatic heterocycles. The van der Waals surface area contributed by atoms with Gasteiger partial charge in [0.25, 0.3) is 5.91 Å². The van der Waals surface area contributed by atoms with Gasteiger partial charge in [0.15, 0.2) is 14.6 Å². The summed E-state index contributed by atoms with van der Waals surface area (Å²) in [6.45, 7) is 0. The zero-order valence-electron chi connectivity index (χ0n) is 13.9. The van der Waals surface area contributed by atoms with E-state index in [1.165, 1.54) is 23.5 Å². The first-order valence-corrected chi connectivity index (χ1v) is 10.9. The molecule has 1 aromatic heterocycles. The quantitative estimate of drug-likeness (QED) is 0.639. The van der Waals surface area contributed by atoms with Crippen LogP contribution in [0.5, 0.6) is 0 Å². The van der Waals surface area contributed by atoms with Crippen LogP contribution in [0.1, 0.15) is 5.56 Å². The van der Waals surface area contributed by atoms with Crippen LogP contribution in [0, 0.1) is 0 Å². The Morgan fingerprint density at radius 1 is 1.12 bits per heavy atom. The van der Waals surface area contributed by atoms with E-state index in [0.717, 1.165) is 16.5 Å². The maximum atomic E-state index is 12.3. The Hall–Kier alpha value is -1.67. The van der Waals surface area contributed by atoms with Crippen molar-refractivity contribution in [2.45, 2.75) is 11.3 Å². The molecule has 26 heavy (non-hydrogen) atoms. The maximum Gasteiger partial charge on any atom is 0.252 e. The molecule has 0 bridgehead atoms. The molecule has 3 rings (SSSR count). The lowest BCUT2D eigenvalue weighted by molar-refractivity contribution is -0.117. The Kier molecular flexibility index (Phi) is 5.25. The van der Waals surface area contributed by atoms with Gasteiger partial charge >= 0.3 is 0 Å². The summed E-state index contributed by atoms with van der Waals surface area (Å²) in [5.74, 6) is -0.341. The summed E-state index contributed by atoms with van der Waals surface area (Å²) < 4.78 is 25.5. The highest BCUT2D eigenvalue weighted by molar-refractivity contribution is 7.90. The fourth-order valence-electron chi connectivity index (χ4n) is 2.46. The Balaban J connectivity index is 1.92. The van der Waals surface area contributed by atoms with Crippen molar-refractivity contribution in [1.82, 2.24) is 4.57 Å². The second-order valence-corrected chi connectivity index (χ2v) is 9.56. The van der Waals surface area contributed by atoms with Crippen molar-refractivity contribution >= 4 is 60.5 Å². The van der Waals surface area contributed by atoms with Crippen LogP contribution in [0.3, 0.4) is 0 Å². The van der Waals surface area contributed by atoms with Gasteiger partial charge < -0.3 is 4.57 Å². The van der Waals surface area contributed by atoms with Gasteiger partial charge in [-0.05, 0) is 29.8 Å². The molecule has 0 aliphatic rings. The monoisotopic (exact) mass is 428 g/mol.